The van der Waals surface area contributed by atoms with Gasteiger partial charge in [-0.1, -0.05) is 29.8 Å². The number of aryl methyl sites for hydroxylation is 2. The second-order valence-corrected chi connectivity index (χ2v) is 7.73. The number of hydrogen-bond donors (Lipinski definition) is 1. The van der Waals surface area contributed by atoms with E-state index in [9.17, 15) is 9.59 Å². The predicted molar refractivity (Wildman–Crippen MR) is 111 cm³/mol. The fraction of sp³-hybridized carbons (Fsp3) is 0.500. The maximum absolute atomic E-state index is 13.0. The summed E-state index contributed by atoms with van der Waals surface area (Å²) in [6.07, 6.45) is 1.73. The van der Waals surface area contributed by atoms with Crippen LogP contribution in [0.15, 0.2) is 30.3 Å². The molecule has 156 valence electrons. The van der Waals surface area contributed by atoms with Crippen LogP contribution in [0.1, 0.15) is 58.8 Å². The van der Waals surface area contributed by atoms with Gasteiger partial charge in [0.05, 0.1) is 6.10 Å². The van der Waals surface area contributed by atoms with E-state index in [0.717, 1.165) is 18.4 Å². The average molecular weight is 399 g/mol. The number of nitrogens with one attached hydrogen (secondary N) is 1. The quantitative estimate of drug-likeness (QED) is 0.694. The lowest BCUT2D eigenvalue weighted by Gasteiger charge is -2.20. The van der Waals surface area contributed by atoms with Gasteiger partial charge in [0.2, 0.25) is 0 Å². The Morgan fingerprint density at radius 2 is 2.00 bits per heavy atom. The van der Waals surface area contributed by atoms with Crippen molar-refractivity contribution in [2.75, 3.05) is 19.7 Å². The Kier molecular flexibility index (Phi) is 7.04. The van der Waals surface area contributed by atoms with Crippen molar-refractivity contribution in [3.05, 3.63) is 52.8 Å². The first-order valence-corrected chi connectivity index (χ1v) is 10.3. The zero-order chi connectivity index (χ0) is 20.8. The van der Waals surface area contributed by atoms with Crippen molar-refractivity contribution >= 4 is 11.8 Å². The highest BCUT2D eigenvalue weighted by molar-refractivity contribution is 5.98. The third kappa shape index (κ3) is 5.67. The van der Waals surface area contributed by atoms with E-state index in [1.54, 1.807) is 10.7 Å². The van der Waals surface area contributed by atoms with Crippen molar-refractivity contribution in [1.82, 2.24) is 20.0 Å². The van der Waals surface area contributed by atoms with Gasteiger partial charge in [0.15, 0.2) is 5.69 Å². The molecule has 0 unspecified atom stereocenters. The minimum Gasteiger partial charge on any atom is -0.379 e. The van der Waals surface area contributed by atoms with E-state index >= 15 is 0 Å². The molecule has 1 aromatic carbocycles. The van der Waals surface area contributed by atoms with Crippen molar-refractivity contribution in [3.8, 4) is 0 Å². The lowest BCUT2D eigenvalue weighted by atomic mass is 10.1. The topological polar surface area (TPSA) is 76.5 Å². The Bertz CT molecular complexity index is 842. The molecule has 0 saturated heterocycles. The maximum atomic E-state index is 13.0. The molecule has 1 aliphatic rings. The summed E-state index contributed by atoms with van der Waals surface area (Å²) in [5.74, 6) is -0.340. The highest BCUT2D eigenvalue weighted by atomic mass is 16.5. The monoisotopic (exact) mass is 398 g/mol. The average Bonchev–Trinajstić information content (AvgIpc) is 3.06. The van der Waals surface area contributed by atoms with E-state index in [2.05, 4.69) is 22.5 Å². The summed E-state index contributed by atoms with van der Waals surface area (Å²) in [4.78, 5) is 27.3. The molecule has 0 aliphatic carbocycles. The number of fused-ring (bicyclic) bond motifs is 1. The minimum absolute atomic E-state index is 0.0834. The van der Waals surface area contributed by atoms with Gasteiger partial charge >= 0.3 is 0 Å². The molecular weight excluding hydrogens is 368 g/mol. The summed E-state index contributed by atoms with van der Waals surface area (Å²) >= 11 is 0. The summed E-state index contributed by atoms with van der Waals surface area (Å²) in [5.41, 5.74) is 3.05. The largest absolute Gasteiger partial charge is 0.379 e. The summed E-state index contributed by atoms with van der Waals surface area (Å²) < 4.78 is 7.13. The summed E-state index contributed by atoms with van der Waals surface area (Å²) in [5, 5.41) is 7.22. The first-order valence-electron chi connectivity index (χ1n) is 10.3. The Morgan fingerprint density at radius 3 is 2.72 bits per heavy atom. The van der Waals surface area contributed by atoms with Gasteiger partial charge in [-0.25, -0.2) is 0 Å². The van der Waals surface area contributed by atoms with Crippen molar-refractivity contribution in [2.45, 2.75) is 52.8 Å². The molecule has 29 heavy (non-hydrogen) atoms. The van der Waals surface area contributed by atoms with Gasteiger partial charge in [0, 0.05) is 38.9 Å². The fourth-order valence-electron chi connectivity index (χ4n) is 3.29. The molecule has 2 amide bonds. The van der Waals surface area contributed by atoms with Crippen LogP contribution in [0.4, 0.5) is 0 Å². The summed E-state index contributed by atoms with van der Waals surface area (Å²) in [7, 11) is 0. The Hall–Kier alpha value is -2.67. The highest BCUT2D eigenvalue weighted by Crippen LogP contribution is 2.17. The van der Waals surface area contributed by atoms with E-state index in [1.165, 1.54) is 5.56 Å². The van der Waals surface area contributed by atoms with E-state index in [0.29, 0.717) is 38.5 Å². The van der Waals surface area contributed by atoms with E-state index in [-0.39, 0.29) is 23.6 Å². The summed E-state index contributed by atoms with van der Waals surface area (Å²) in [6, 6.07) is 9.81. The molecule has 0 fully saturated rings. The highest BCUT2D eigenvalue weighted by Gasteiger charge is 2.26. The van der Waals surface area contributed by atoms with Gasteiger partial charge in [-0.15, -0.1) is 0 Å². The Balaban J connectivity index is 1.62. The molecule has 7 heteroatoms. The van der Waals surface area contributed by atoms with Crippen LogP contribution in [-0.4, -0.2) is 52.3 Å². The van der Waals surface area contributed by atoms with Gasteiger partial charge in [0.1, 0.15) is 5.69 Å². The van der Waals surface area contributed by atoms with E-state index < -0.39 is 0 Å². The third-order valence-electron chi connectivity index (χ3n) is 4.87. The molecule has 0 bridgehead atoms. The van der Waals surface area contributed by atoms with Crippen LogP contribution in [0.5, 0.6) is 0 Å². The Morgan fingerprint density at radius 1 is 1.24 bits per heavy atom. The molecule has 1 aromatic heterocycles. The van der Waals surface area contributed by atoms with Crippen LogP contribution in [0.25, 0.3) is 0 Å². The predicted octanol–water partition coefficient (Wildman–Crippen LogP) is 2.78. The van der Waals surface area contributed by atoms with Gasteiger partial charge in [0.25, 0.3) is 11.8 Å². The van der Waals surface area contributed by atoms with Crippen LogP contribution in [0, 0.1) is 6.92 Å². The first kappa shape index (κ1) is 21.0. The van der Waals surface area contributed by atoms with Crippen LogP contribution >= 0.6 is 0 Å². The number of aromatic nitrogens is 2. The number of nitrogens with zero attached hydrogens (tertiary/aromatic N) is 3. The molecule has 3 rings (SSSR count). The van der Waals surface area contributed by atoms with Gasteiger partial charge in [-0.3, -0.25) is 14.3 Å². The zero-order valence-electron chi connectivity index (χ0n) is 17.5. The number of ether oxygens (including phenoxy) is 1. The van der Waals surface area contributed by atoms with Crippen molar-refractivity contribution in [3.63, 3.8) is 0 Å². The molecule has 0 spiro atoms. The molecule has 1 aliphatic heterocycles. The number of carbonyl (C=O) groups is 2. The Labute approximate surface area is 172 Å². The maximum Gasteiger partial charge on any atom is 0.272 e. The normalized spacial score (nSPS) is 14.1. The van der Waals surface area contributed by atoms with Gasteiger partial charge in [-0.2, -0.15) is 5.10 Å². The first-order chi connectivity index (χ1) is 13.9. The van der Waals surface area contributed by atoms with E-state index in [4.69, 9.17) is 4.74 Å². The SMILES string of the molecule is Cc1ccc(CN2CCCn3nc(C(=O)NCCCOC(C)C)cc3C2=O)cc1. The smallest absolute Gasteiger partial charge is 0.272 e. The minimum atomic E-state index is -0.256. The van der Waals surface area contributed by atoms with Gasteiger partial charge in [-0.05, 0) is 39.2 Å². The zero-order valence-corrected chi connectivity index (χ0v) is 17.5. The summed E-state index contributed by atoms with van der Waals surface area (Å²) in [6.45, 7) is 8.98. The number of rotatable bonds is 8. The lowest BCUT2D eigenvalue weighted by molar-refractivity contribution is 0.0743. The number of hydrogen-bond acceptors (Lipinski definition) is 4. The van der Waals surface area contributed by atoms with Crippen LogP contribution < -0.4 is 5.32 Å². The molecule has 0 saturated carbocycles. The standard InChI is InChI=1S/C22H30N4O3/c1-16(2)29-13-4-10-23-21(27)19-14-20-22(28)25(11-5-12-26(20)24-19)15-18-8-6-17(3)7-9-18/h6-9,14,16H,4-5,10-13,15H2,1-3H3,(H,23,27). The molecule has 0 atom stereocenters. The molecule has 2 heterocycles. The third-order valence-corrected chi connectivity index (χ3v) is 4.87. The lowest BCUT2D eigenvalue weighted by Crippen LogP contribution is -2.30. The number of benzene rings is 1. The molecular formula is C22H30N4O3. The second-order valence-electron chi connectivity index (χ2n) is 7.73. The van der Waals surface area contributed by atoms with Crippen molar-refractivity contribution in [2.24, 2.45) is 0 Å². The molecule has 2 aromatic rings. The van der Waals surface area contributed by atoms with Crippen LogP contribution in [0.3, 0.4) is 0 Å². The number of amides is 2. The second kappa shape index (κ2) is 9.69. The van der Waals surface area contributed by atoms with Crippen LogP contribution in [-0.2, 0) is 17.8 Å². The van der Waals surface area contributed by atoms with Crippen molar-refractivity contribution < 1.29 is 14.3 Å². The number of carbonyl (C=O) groups excluding carboxylic acids is 2. The molecule has 7 nitrogen and oxygen atoms in total. The van der Waals surface area contributed by atoms with Gasteiger partial charge < -0.3 is 15.0 Å². The molecule has 0 radical (unpaired) electrons. The van der Waals surface area contributed by atoms with E-state index in [1.807, 2.05) is 37.8 Å². The molecule has 1 N–H and O–H groups in total. The van der Waals surface area contributed by atoms with Crippen LogP contribution in [0.2, 0.25) is 0 Å². The fourth-order valence-corrected chi connectivity index (χ4v) is 3.29. The van der Waals surface area contributed by atoms with Crippen molar-refractivity contribution in [1.29, 1.82) is 0 Å².